The Kier molecular flexibility index (Phi) is 5.45. The molecule has 1 aliphatic heterocycles. The van der Waals surface area contributed by atoms with Crippen molar-refractivity contribution in [3.05, 3.63) is 22.5 Å². The van der Waals surface area contributed by atoms with Crippen molar-refractivity contribution in [2.45, 2.75) is 39.5 Å². The second-order valence-corrected chi connectivity index (χ2v) is 7.87. The van der Waals surface area contributed by atoms with E-state index in [0.29, 0.717) is 40.2 Å². The van der Waals surface area contributed by atoms with Crippen LogP contribution in [0.3, 0.4) is 0 Å². The summed E-state index contributed by atoms with van der Waals surface area (Å²) in [6.07, 6.45) is 3.39. The number of carbonyl (C=O) groups excluding carboxylic acids is 1. The number of fused-ring (bicyclic) bond motifs is 1. The number of methoxy groups -OCH3 is 1. The molecule has 1 unspecified atom stereocenters. The van der Waals surface area contributed by atoms with Crippen molar-refractivity contribution in [3.63, 3.8) is 0 Å². The number of anilines is 1. The largest absolute Gasteiger partial charge is 0.469 e. The van der Waals surface area contributed by atoms with Crippen molar-refractivity contribution in [1.29, 1.82) is 0 Å². The average Bonchev–Trinajstić information content (AvgIpc) is 3.30. The van der Waals surface area contributed by atoms with E-state index in [0.717, 1.165) is 49.6 Å². The van der Waals surface area contributed by atoms with Crippen LogP contribution in [0.25, 0.3) is 22.7 Å². The summed E-state index contributed by atoms with van der Waals surface area (Å²) in [5.41, 5.74) is 2.16. The third kappa shape index (κ3) is 4.07. The maximum absolute atomic E-state index is 11.4. The van der Waals surface area contributed by atoms with E-state index in [1.54, 1.807) is 0 Å². The predicted octanol–water partition coefficient (Wildman–Crippen LogP) is 4.05. The first kappa shape index (κ1) is 19.7. The maximum atomic E-state index is 11.4. The van der Waals surface area contributed by atoms with E-state index < -0.39 is 0 Å². The van der Waals surface area contributed by atoms with Gasteiger partial charge in [0.25, 0.3) is 0 Å². The molecule has 4 heterocycles. The number of hydrogen-bond donors (Lipinski definition) is 1. The SMILES string of the molecule is COC(=O)CCC1CCCN(c2nc3nc(-c4cc(C)c(C)o4)nc(Cl)c3[nH]2)C1. The van der Waals surface area contributed by atoms with Crippen LogP contribution in [0.2, 0.25) is 5.15 Å². The molecule has 0 aliphatic carbocycles. The standard InChI is InChI=1S/C20H24ClN5O3/c1-11-9-14(29-12(11)2)18-23-17(21)16-19(24-18)25-20(22-16)26-8-4-5-13(10-26)6-7-15(27)28-3/h9,13H,4-8,10H2,1-3H3,(H,22,23,24,25). The number of halogens is 1. The lowest BCUT2D eigenvalue weighted by Crippen LogP contribution is -2.36. The Morgan fingerprint density at radius 1 is 1.38 bits per heavy atom. The molecule has 154 valence electrons. The predicted molar refractivity (Wildman–Crippen MR) is 110 cm³/mol. The van der Waals surface area contributed by atoms with Crippen LogP contribution >= 0.6 is 11.6 Å². The molecule has 0 aromatic carbocycles. The van der Waals surface area contributed by atoms with Crippen LogP contribution in [0.5, 0.6) is 0 Å². The van der Waals surface area contributed by atoms with E-state index >= 15 is 0 Å². The Morgan fingerprint density at radius 3 is 2.93 bits per heavy atom. The molecule has 8 nitrogen and oxygen atoms in total. The molecule has 0 amide bonds. The molecule has 1 saturated heterocycles. The van der Waals surface area contributed by atoms with Crippen LogP contribution in [0.1, 0.15) is 37.0 Å². The summed E-state index contributed by atoms with van der Waals surface area (Å²) in [6.45, 7) is 5.59. The lowest BCUT2D eigenvalue weighted by atomic mass is 9.93. The number of nitrogens with one attached hydrogen (secondary N) is 1. The van der Waals surface area contributed by atoms with Gasteiger partial charge in [-0.15, -0.1) is 0 Å². The molecule has 0 radical (unpaired) electrons. The van der Waals surface area contributed by atoms with Gasteiger partial charge in [-0.1, -0.05) is 11.6 Å². The number of carbonyl (C=O) groups is 1. The number of rotatable bonds is 5. The molecule has 0 spiro atoms. The molecule has 29 heavy (non-hydrogen) atoms. The van der Waals surface area contributed by atoms with Crippen LogP contribution in [0, 0.1) is 19.8 Å². The van der Waals surface area contributed by atoms with E-state index in [4.69, 9.17) is 20.8 Å². The molecule has 3 aromatic rings. The summed E-state index contributed by atoms with van der Waals surface area (Å²) in [7, 11) is 1.42. The Labute approximate surface area is 173 Å². The van der Waals surface area contributed by atoms with Crippen LogP contribution in [0.15, 0.2) is 10.5 Å². The molecule has 3 aromatic heterocycles. The van der Waals surface area contributed by atoms with Gasteiger partial charge in [0.2, 0.25) is 5.95 Å². The van der Waals surface area contributed by atoms with E-state index in [1.807, 2.05) is 19.9 Å². The zero-order chi connectivity index (χ0) is 20.5. The van der Waals surface area contributed by atoms with Crippen molar-refractivity contribution < 1.29 is 13.9 Å². The first-order valence-electron chi connectivity index (χ1n) is 9.77. The fourth-order valence-electron chi connectivity index (χ4n) is 3.71. The molecule has 1 atom stereocenters. The second kappa shape index (κ2) is 8.02. The number of furan rings is 1. The third-order valence-electron chi connectivity index (χ3n) is 5.48. The van der Waals surface area contributed by atoms with Gasteiger partial charge in [-0.25, -0.2) is 9.97 Å². The molecule has 9 heteroatoms. The fraction of sp³-hybridized carbons (Fsp3) is 0.500. The molecule has 0 bridgehead atoms. The zero-order valence-electron chi connectivity index (χ0n) is 16.8. The van der Waals surface area contributed by atoms with Gasteiger partial charge in [0, 0.05) is 19.5 Å². The summed E-state index contributed by atoms with van der Waals surface area (Å²) in [4.78, 5) is 30.5. The summed E-state index contributed by atoms with van der Waals surface area (Å²) in [6, 6.07) is 1.90. The molecular formula is C20H24ClN5O3. The van der Waals surface area contributed by atoms with Crippen LogP contribution < -0.4 is 4.90 Å². The fourth-order valence-corrected chi connectivity index (χ4v) is 3.92. The molecule has 4 rings (SSSR count). The van der Waals surface area contributed by atoms with E-state index in [-0.39, 0.29) is 5.97 Å². The second-order valence-electron chi connectivity index (χ2n) is 7.52. The van der Waals surface area contributed by atoms with Gasteiger partial charge in [-0.05, 0) is 50.7 Å². The van der Waals surface area contributed by atoms with Gasteiger partial charge < -0.3 is 19.0 Å². The molecule has 1 fully saturated rings. The smallest absolute Gasteiger partial charge is 0.305 e. The lowest BCUT2D eigenvalue weighted by Gasteiger charge is -2.32. The highest BCUT2D eigenvalue weighted by Crippen LogP contribution is 2.30. The zero-order valence-corrected chi connectivity index (χ0v) is 17.5. The summed E-state index contributed by atoms with van der Waals surface area (Å²) in [5, 5.41) is 0.315. The minimum atomic E-state index is -0.163. The number of hydrogen-bond acceptors (Lipinski definition) is 7. The van der Waals surface area contributed by atoms with Gasteiger partial charge >= 0.3 is 5.97 Å². The third-order valence-corrected chi connectivity index (χ3v) is 5.76. The number of aryl methyl sites for hydroxylation is 2. The molecular weight excluding hydrogens is 394 g/mol. The Hall–Kier alpha value is -2.61. The molecule has 1 aliphatic rings. The normalized spacial score (nSPS) is 17.1. The molecule has 1 N–H and O–H groups in total. The van der Waals surface area contributed by atoms with Crippen LogP contribution in [-0.2, 0) is 9.53 Å². The lowest BCUT2D eigenvalue weighted by molar-refractivity contribution is -0.140. The van der Waals surface area contributed by atoms with Gasteiger partial charge in [0.05, 0.1) is 7.11 Å². The summed E-state index contributed by atoms with van der Waals surface area (Å²) in [5.74, 6) is 2.81. The minimum absolute atomic E-state index is 0.163. The van der Waals surface area contributed by atoms with Crippen molar-refractivity contribution in [3.8, 4) is 11.6 Å². The van der Waals surface area contributed by atoms with E-state index in [1.165, 1.54) is 7.11 Å². The number of esters is 1. The maximum Gasteiger partial charge on any atom is 0.305 e. The monoisotopic (exact) mass is 417 g/mol. The van der Waals surface area contributed by atoms with Crippen molar-refractivity contribution in [2.24, 2.45) is 5.92 Å². The number of aromatic amines is 1. The quantitative estimate of drug-likeness (QED) is 0.494. The Bertz CT molecular complexity index is 1020. The highest BCUT2D eigenvalue weighted by molar-refractivity contribution is 6.33. The topological polar surface area (TPSA) is 97.1 Å². The van der Waals surface area contributed by atoms with Gasteiger partial charge in [0.1, 0.15) is 11.3 Å². The number of aromatic nitrogens is 4. The summed E-state index contributed by atoms with van der Waals surface area (Å²) < 4.78 is 10.5. The van der Waals surface area contributed by atoms with Crippen molar-refractivity contribution in [1.82, 2.24) is 19.9 Å². The Balaban J connectivity index is 1.57. The van der Waals surface area contributed by atoms with Gasteiger partial charge in [-0.3, -0.25) is 4.79 Å². The highest BCUT2D eigenvalue weighted by Gasteiger charge is 2.24. The average molecular weight is 418 g/mol. The number of nitrogens with zero attached hydrogens (tertiary/aromatic N) is 4. The van der Waals surface area contributed by atoms with Crippen LogP contribution in [0.4, 0.5) is 5.95 Å². The van der Waals surface area contributed by atoms with Crippen LogP contribution in [-0.4, -0.2) is 46.1 Å². The Morgan fingerprint density at radius 2 is 2.21 bits per heavy atom. The summed E-state index contributed by atoms with van der Waals surface area (Å²) >= 11 is 6.41. The number of imidazole rings is 1. The highest BCUT2D eigenvalue weighted by atomic mass is 35.5. The first-order valence-corrected chi connectivity index (χ1v) is 10.1. The number of ether oxygens (including phenoxy) is 1. The van der Waals surface area contributed by atoms with Gasteiger partial charge in [-0.2, -0.15) is 4.98 Å². The minimum Gasteiger partial charge on any atom is -0.469 e. The van der Waals surface area contributed by atoms with Gasteiger partial charge in [0.15, 0.2) is 22.4 Å². The first-order chi connectivity index (χ1) is 13.9. The van der Waals surface area contributed by atoms with Crippen molar-refractivity contribution in [2.75, 3.05) is 25.1 Å². The number of piperidine rings is 1. The van der Waals surface area contributed by atoms with Crippen molar-refractivity contribution >= 4 is 34.7 Å². The number of H-pyrrole nitrogens is 1. The van der Waals surface area contributed by atoms with E-state index in [9.17, 15) is 4.79 Å². The van der Waals surface area contributed by atoms with E-state index in [2.05, 4.69) is 24.8 Å². The molecule has 0 saturated carbocycles.